The summed E-state index contributed by atoms with van der Waals surface area (Å²) in [5.41, 5.74) is 0. The average Bonchev–Trinajstić information content (AvgIpc) is 3.17. The number of nitrogens with zero attached hydrogens (tertiary/aromatic N) is 2. The minimum absolute atomic E-state index is 0.642. The molecule has 21 heavy (non-hydrogen) atoms. The van der Waals surface area contributed by atoms with E-state index in [0.717, 1.165) is 28.9 Å². The Kier molecular flexibility index (Phi) is 4.91. The van der Waals surface area contributed by atoms with E-state index in [-0.39, 0.29) is 0 Å². The van der Waals surface area contributed by atoms with Gasteiger partial charge in [-0.15, -0.1) is 16.4 Å². The van der Waals surface area contributed by atoms with Crippen molar-refractivity contribution in [1.29, 1.82) is 0 Å². The number of aromatic amines is 1. The second-order valence-corrected chi connectivity index (χ2v) is 6.43. The number of benzene rings is 1. The van der Waals surface area contributed by atoms with Crippen molar-refractivity contribution in [2.75, 3.05) is 12.4 Å². The van der Waals surface area contributed by atoms with Crippen LogP contribution in [0.25, 0.3) is 0 Å². The van der Waals surface area contributed by atoms with E-state index in [9.17, 15) is 0 Å². The lowest BCUT2D eigenvalue weighted by molar-refractivity contribution is 0.344. The molecule has 0 atom stereocenters. The molecule has 4 nitrogen and oxygen atoms in total. The van der Waals surface area contributed by atoms with Crippen LogP contribution >= 0.6 is 23.1 Å². The number of para-hydroxylation sites is 1. The number of aromatic nitrogens is 3. The topological polar surface area (TPSA) is 50.8 Å². The molecule has 0 bridgehead atoms. The minimum atomic E-state index is 0.642. The molecular formula is C15H15N3OS2. The first-order valence-corrected chi connectivity index (χ1v) is 8.51. The first-order chi connectivity index (χ1) is 10.4. The van der Waals surface area contributed by atoms with Crippen LogP contribution in [0.3, 0.4) is 0 Å². The molecule has 0 aliphatic carbocycles. The van der Waals surface area contributed by atoms with Crippen molar-refractivity contribution < 1.29 is 4.74 Å². The highest BCUT2D eigenvalue weighted by Gasteiger charge is 2.05. The monoisotopic (exact) mass is 317 g/mol. The maximum Gasteiger partial charge on any atom is 0.208 e. The molecule has 2 heterocycles. The largest absolute Gasteiger partial charge is 0.493 e. The zero-order valence-corrected chi connectivity index (χ0v) is 13.0. The van der Waals surface area contributed by atoms with Gasteiger partial charge in [-0.05, 0) is 23.6 Å². The summed E-state index contributed by atoms with van der Waals surface area (Å²) in [6.07, 6.45) is 0.811. The molecule has 0 saturated carbocycles. The highest BCUT2D eigenvalue weighted by atomic mass is 32.2. The second kappa shape index (κ2) is 7.28. The first kappa shape index (κ1) is 14.2. The lowest BCUT2D eigenvalue weighted by Crippen LogP contribution is -2.00. The van der Waals surface area contributed by atoms with E-state index in [1.54, 1.807) is 23.1 Å². The number of H-pyrrole nitrogens is 1. The van der Waals surface area contributed by atoms with E-state index in [4.69, 9.17) is 4.74 Å². The van der Waals surface area contributed by atoms with Gasteiger partial charge < -0.3 is 4.74 Å². The van der Waals surface area contributed by atoms with Gasteiger partial charge in [0.05, 0.1) is 6.61 Å². The van der Waals surface area contributed by atoms with Crippen LogP contribution in [0, 0.1) is 0 Å². The third kappa shape index (κ3) is 4.34. The predicted molar refractivity (Wildman–Crippen MR) is 86.2 cm³/mol. The number of thiophene rings is 1. The van der Waals surface area contributed by atoms with Gasteiger partial charge >= 0.3 is 0 Å². The Hall–Kier alpha value is -1.79. The molecule has 0 fully saturated rings. The second-order valence-electron chi connectivity index (χ2n) is 4.33. The molecule has 0 amide bonds. The number of hydrogen-bond acceptors (Lipinski definition) is 5. The Morgan fingerprint density at radius 3 is 2.86 bits per heavy atom. The number of ether oxygens (including phenoxy) is 1. The standard InChI is InChI=1S/C15H15N3OS2/c1-2-5-12(6-3-1)19-8-10-21-15-16-14(17-18-15)11-13-7-4-9-20-13/h1-7,9H,8,10-11H2,(H,16,17,18). The van der Waals surface area contributed by atoms with Crippen LogP contribution in [0.1, 0.15) is 10.7 Å². The summed E-state index contributed by atoms with van der Waals surface area (Å²) in [5.74, 6) is 2.63. The maximum atomic E-state index is 5.63. The van der Waals surface area contributed by atoms with Gasteiger partial charge in [0.2, 0.25) is 5.16 Å². The molecule has 0 radical (unpaired) electrons. The van der Waals surface area contributed by atoms with Crippen LogP contribution in [-0.2, 0) is 6.42 Å². The molecule has 6 heteroatoms. The summed E-state index contributed by atoms with van der Waals surface area (Å²) in [6.45, 7) is 0.642. The Morgan fingerprint density at radius 2 is 2.05 bits per heavy atom. The molecule has 2 aromatic heterocycles. The summed E-state index contributed by atoms with van der Waals surface area (Å²) < 4.78 is 5.63. The Morgan fingerprint density at radius 1 is 1.14 bits per heavy atom. The van der Waals surface area contributed by atoms with Crippen molar-refractivity contribution in [3.63, 3.8) is 0 Å². The normalized spacial score (nSPS) is 10.7. The van der Waals surface area contributed by atoms with Crippen molar-refractivity contribution in [3.8, 4) is 5.75 Å². The quantitative estimate of drug-likeness (QED) is 0.534. The Balaban J connectivity index is 1.42. The van der Waals surface area contributed by atoms with Crippen LogP contribution in [0.4, 0.5) is 0 Å². The third-order valence-electron chi connectivity index (χ3n) is 2.76. The van der Waals surface area contributed by atoms with Gasteiger partial charge in [0.1, 0.15) is 11.6 Å². The van der Waals surface area contributed by atoms with Crippen LogP contribution in [0.15, 0.2) is 53.0 Å². The van der Waals surface area contributed by atoms with Crippen LogP contribution in [0.2, 0.25) is 0 Å². The first-order valence-electron chi connectivity index (χ1n) is 6.64. The van der Waals surface area contributed by atoms with Crippen molar-refractivity contribution in [3.05, 3.63) is 58.5 Å². The SMILES string of the molecule is c1ccc(OCCSc2n[nH]c(Cc3cccs3)n2)cc1. The van der Waals surface area contributed by atoms with Gasteiger partial charge in [0, 0.05) is 17.1 Å². The van der Waals surface area contributed by atoms with E-state index in [1.807, 2.05) is 36.4 Å². The zero-order chi connectivity index (χ0) is 14.3. The third-order valence-corrected chi connectivity index (χ3v) is 4.45. The van der Waals surface area contributed by atoms with Crippen molar-refractivity contribution >= 4 is 23.1 Å². The average molecular weight is 317 g/mol. The fourth-order valence-corrected chi connectivity index (χ4v) is 3.15. The summed E-state index contributed by atoms with van der Waals surface area (Å²) in [4.78, 5) is 5.76. The van der Waals surface area contributed by atoms with E-state index < -0.39 is 0 Å². The molecule has 108 valence electrons. The van der Waals surface area contributed by atoms with E-state index in [0.29, 0.717) is 6.61 Å². The van der Waals surface area contributed by atoms with E-state index >= 15 is 0 Å². The molecule has 3 rings (SSSR count). The number of hydrogen-bond donors (Lipinski definition) is 1. The summed E-state index contributed by atoms with van der Waals surface area (Å²) in [5, 5.41) is 10.1. The van der Waals surface area contributed by atoms with Crippen LogP contribution in [0.5, 0.6) is 5.75 Å². The lowest BCUT2D eigenvalue weighted by atomic mass is 10.3. The van der Waals surface area contributed by atoms with Crippen LogP contribution < -0.4 is 4.74 Å². The van der Waals surface area contributed by atoms with E-state index in [1.165, 1.54) is 4.88 Å². The smallest absolute Gasteiger partial charge is 0.208 e. The van der Waals surface area contributed by atoms with Crippen molar-refractivity contribution in [1.82, 2.24) is 15.2 Å². The van der Waals surface area contributed by atoms with Crippen molar-refractivity contribution in [2.24, 2.45) is 0 Å². The molecule has 1 aromatic carbocycles. The van der Waals surface area contributed by atoms with Gasteiger partial charge in [0.15, 0.2) is 0 Å². The molecule has 0 unspecified atom stereocenters. The molecule has 0 spiro atoms. The van der Waals surface area contributed by atoms with Crippen LogP contribution in [-0.4, -0.2) is 27.5 Å². The lowest BCUT2D eigenvalue weighted by Gasteiger charge is -2.03. The zero-order valence-electron chi connectivity index (χ0n) is 11.4. The molecule has 0 aliphatic heterocycles. The summed E-state index contributed by atoms with van der Waals surface area (Å²) >= 11 is 3.33. The van der Waals surface area contributed by atoms with Gasteiger partial charge in [-0.3, -0.25) is 5.10 Å². The van der Waals surface area contributed by atoms with Gasteiger partial charge in [0.25, 0.3) is 0 Å². The predicted octanol–water partition coefficient (Wildman–Crippen LogP) is 3.63. The Labute approximate surface area is 131 Å². The highest BCUT2D eigenvalue weighted by Crippen LogP contribution is 2.16. The summed E-state index contributed by atoms with van der Waals surface area (Å²) in [7, 11) is 0. The highest BCUT2D eigenvalue weighted by molar-refractivity contribution is 7.99. The minimum Gasteiger partial charge on any atom is -0.493 e. The van der Waals surface area contributed by atoms with Gasteiger partial charge in [-0.2, -0.15) is 0 Å². The Bertz CT molecular complexity index is 653. The van der Waals surface area contributed by atoms with Gasteiger partial charge in [-0.25, -0.2) is 4.98 Å². The molecule has 0 aliphatic rings. The fraction of sp³-hybridized carbons (Fsp3) is 0.200. The molecule has 3 aromatic rings. The number of thioether (sulfide) groups is 1. The molecule has 1 N–H and O–H groups in total. The van der Waals surface area contributed by atoms with Gasteiger partial charge in [-0.1, -0.05) is 36.0 Å². The number of nitrogens with one attached hydrogen (secondary N) is 1. The van der Waals surface area contributed by atoms with E-state index in [2.05, 4.69) is 26.6 Å². The summed E-state index contributed by atoms with van der Waals surface area (Å²) in [6, 6.07) is 14.0. The maximum absolute atomic E-state index is 5.63. The molecular weight excluding hydrogens is 302 g/mol. The molecule has 0 saturated heterocycles. The van der Waals surface area contributed by atoms with Crippen molar-refractivity contribution in [2.45, 2.75) is 11.6 Å². The fourth-order valence-electron chi connectivity index (χ4n) is 1.81. The number of rotatable bonds is 7.